The molecule has 304 valence electrons. The summed E-state index contributed by atoms with van der Waals surface area (Å²) in [5, 5.41) is 4.70. The maximum Gasteiger partial charge on any atom is 0.226 e. The lowest BCUT2D eigenvalue weighted by atomic mass is 9.90. The number of aryl methyl sites for hydroxylation is 1. The minimum Gasteiger partial charge on any atom is -0.436 e. The van der Waals surface area contributed by atoms with Gasteiger partial charge in [-0.15, -0.1) is 0 Å². The first-order valence-corrected chi connectivity index (χ1v) is 22.4. The van der Waals surface area contributed by atoms with Gasteiger partial charge in [0.1, 0.15) is 5.52 Å². The molecule has 0 fully saturated rings. The molecule has 1 aromatic heterocycles. The van der Waals surface area contributed by atoms with Crippen molar-refractivity contribution < 1.29 is 4.42 Å². The first-order valence-electron chi connectivity index (χ1n) is 22.4. The van der Waals surface area contributed by atoms with E-state index in [0.29, 0.717) is 5.89 Å². The van der Waals surface area contributed by atoms with Gasteiger partial charge in [0.15, 0.2) is 5.58 Å². The molecule has 2 aliphatic rings. The molecule has 0 spiro atoms. The Bertz CT molecular complexity index is 3520. The average Bonchev–Trinajstić information content (AvgIpc) is 3.82. The topological polar surface area (TPSA) is 29.3 Å². The molecule has 64 heavy (non-hydrogen) atoms. The van der Waals surface area contributed by atoms with E-state index >= 15 is 0 Å². The van der Waals surface area contributed by atoms with Gasteiger partial charge in [-0.25, -0.2) is 4.98 Å². The normalized spacial score (nSPS) is 13.3. The molecule has 0 amide bonds. The van der Waals surface area contributed by atoms with E-state index in [2.05, 4.69) is 223 Å². The Hall–Kier alpha value is -8.01. The van der Waals surface area contributed by atoms with Gasteiger partial charge in [0.2, 0.25) is 5.89 Å². The van der Waals surface area contributed by atoms with Crippen LogP contribution in [0, 0.1) is 0 Å². The van der Waals surface area contributed by atoms with E-state index in [-0.39, 0.29) is 0 Å². The van der Waals surface area contributed by atoms with E-state index in [9.17, 15) is 0 Å². The molecule has 0 aliphatic heterocycles. The summed E-state index contributed by atoms with van der Waals surface area (Å²) in [6.45, 7) is 0. The number of nitrogens with zero attached hydrogens (tertiary/aromatic N) is 2. The lowest BCUT2D eigenvalue weighted by molar-refractivity contribution is 0.585. The van der Waals surface area contributed by atoms with E-state index in [0.717, 1.165) is 81.3 Å². The van der Waals surface area contributed by atoms with Crippen molar-refractivity contribution in [3.05, 3.63) is 229 Å². The predicted molar refractivity (Wildman–Crippen MR) is 269 cm³/mol. The Morgan fingerprint density at radius 2 is 1.06 bits per heavy atom. The van der Waals surface area contributed by atoms with Crippen molar-refractivity contribution in [3.63, 3.8) is 0 Å². The Kier molecular flexibility index (Phi) is 9.45. The largest absolute Gasteiger partial charge is 0.436 e. The van der Waals surface area contributed by atoms with Gasteiger partial charge in [0.25, 0.3) is 0 Å². The third-order valence-electron chi connectivity index (χ3n) is 13.0. The number of hydrogen-bond acceptors (Lipinski definition) is 3. The van der Waals surface area contributed by atoms with E-state index < -0.39 is 0 Å². The van der Waals surface area contributed by atoms with Crippen LogP contribution in [0.25, 0.3) is 88.8 Å². The second-order valence-corrected chi connectivity index (χ2v) is 16.9. The summed E-state index contributed by atoms with van der Waals surface area (Å²) < 4.78 is 6.26. The number of hydrogen-bond donors (Lipinski definition) is 0. The second kappa shape index (κ2) is 16.0. The van der Waals surface area contributed by atoms with Crippen molar-refractivity contribution in [2.45, 2.75) is 25.7 Å². The Labute approximate surface area is 373 Å². The summed E-state index contributed by atoms with van der Waals surface area (Å²) in [5.41, 5.74) is 18.3. The molecule has 0 N–H and O–H groups in total. The predicted octanol–water partition coefficient (Wildman–Crippen LogP) is 17.0. The van der Waals surface area contributed by atoms with E-state index in [1.165, 1.54) is 55.3 Å². The smallest absolute Gasteiger partial charge is 0.226 e. The number of benzene rings is 9. The number of rotatable bonds is 8. The standard InChI is InChI=1S/C61H44N2O/c1-2-17-43(18-3-1)61-62-60-58-35-33-47(37-48(58)34-36-59(60)64-61)55-30-9-8-29-54(55)44-21-10-24-49(38-44)63(50-25-11-22-45(39-50)56-31-13-19-41-15-4-6-27-52(41)56)51-26-12-23-46(40-51)57-32-14-20-42-16-5-7-28-53(42)57/h2,4,6-15,17-40H,1,3,5,16H2. The third-order valence-corrected chi connectivity index (χ3v) is 13.0. The van der Waals surface area contributed by atoms with Crippen molar-refractivity contribution >= 4 is 61.4 Å². The van der Waals surface area contributed by atoms with Gasteiger partial charge in [-0.3, -0.25) is 0 Å². The first-order chi connectivity index (χ1) is 31.7. The van der Waals surface area contributed by atoms with Crippen molar-refractivity contribution in [2.75, 3.05) is 4.90 Å². The highest BCUT2D eigenvalue weighted by atomic mass is 16.3. The SMILES string of the molecule is C1=CC(c2nc3c(ccc4cc(-c5ccccc5-c5cccc(N(c6cccc(-c7cccc8c7C=CCC8)c6)c6cccc(-c7cccc8ccccc78)c6)c5)ccc43)o2)=CCC1. The van der Waals surface area contributed by atoms with Crippen LogP contribution in [0.2, 0.25) is 0 Å². The first kappa shape index (κ1) is 37.7. The molecule has 9 aromatic carbocycles. The summed E-state index contributed by atoms with van der Waals surface area (Å²) in [5.74, 6) is 0.685. The minimum atomic E-state index is 0.685. The molecular weight excluding hydrogens is 777 g/mol. The highest BCUT2D eigenvalue weighted by molar-refractivity contribution is 6.06. The van der Waals surface area contributed by atoms with E-state index in [4.69, 9.17) is 9.40 Å². The second-order valence-electron chi connectivity index (χ2n) is 16.9. The zero-order chi connectivity index (χ0) is 42.4. The van der Waals surface area contributed by atoms with Crippen molar-refractivity contribution in [2.24, 2.45) is 0 Å². The summed E-state index contributed by atoms with van der Waals surface area (Å²) >= 11 is 0. The molecule has 3 heteroatoms. The molecule has 2 aliphatic carbocycles. The summed E-state index contributed by atoms with van der Waals surface area (Å²) in [6.07, 6.45) is 15.4. The number of fused-ring (bicyclic) bond motifs is 5. The van der Waals surface area contributed by atoms with Gasteiger partial charge in [-0.2, -0.15) is 0 Å². The molecule has 0 atom stereocenters. The van der Waals surface area contributed by atoms with Crippen LogP contribution < -0.4 is 4.90 Å². The van der Waals surface area contributed by atoms with Crippen LogP contribution in [0.15, 0.2) is 217 Å². The van der Waals surface area contributed by atoms with Crippen LogP contribution in [0.3, 0.4) is 0 Å². The van der Waals surface area contributed by atoms with E-state index in [1.807, 2.05) is 0 Å². The highest BCUT2D eigenvalue weighted by Crippen LogP contribution is 2.43. The van der Waals surface area contributed by atoms with Crippen molar-refractivity contribution in [1.82, 2.24) is 4.98 Å². The van der Waals surface area contributed by atoms with Crippen LogP contribution >= 0.6 is 0 Å². The monoisotopic (exact) mass is 820 g/mol. The van der Waals surface area contributed by atoms with Gasteiger partial charge in [-0.1, -0.05) is 170 Å². The highest BCUT2D eigenvalue weighted by Gasteiger charge is 2.19. The van der Waals surface area contributed by atoms with Crippen LogP contribution in [0.4, 0.5) is 17.1 Å². The van der Waals surface area contributed by atoms with Gasteiger partial charge >= 0.3 is 0 Å². The zero-order valence-corrected chi connectivity index (χ0v) is 35.4. The minimum absolute atomic E-state index is 0.685. The van der Waals surface area contributed by atoms with Crippen molar-refractivity contribution in [1.29, 1.82) is 0 Å². The average molecular weight is 821 g/mol. The molecule has 0 bridgehead atoms. The fraction of sp³-hybridized carbons (Fsp3) is 0.0656. The van der Waals surface area contributed by atoms with Crippen LogP contribution in [0.1, 0.15) is 36.3 Å². The fourth-order valence-corrected chi connectivity index (χ4v) is 9.85. The summed E-state index contributed by atoms with van der Waals surface area (Å²) in [6, 6.07) is 68.8. The molecule has 3 nitrogen and oxygen atoms in total. The molecule has 0 radical (unpaired) electrons. The van der Waals surface area contributed by atoms with E-state index in [1.54, 1.807) is 0 Å². The molecular formula is C61H44N2O. The molecule has 0 saturated carbocycles. The van der Waals surface area contributed by atoms with Gasteiger partial charge in [0.05, 0.1) is 0 Å². The molecule has 10 aromatic rings. The number of oxazole rings is 1. The lowest BCUT2D eigenvalue weighted by Crippen LogP contribution is -2.10. The molecule has 0 unspecified atom stereocenters. The maximum atomic E-state index is 6.26. The number of allylic oxidation sites excluding steroid dienone is 5. The Morgan fingerprint density at radius 3 is 1.83 bits per heavy atom. The van der Waals surface area contributed by atoms with Crippen LogP contribution in [-0.4, -0.2) is 4.98 Å². The van der Waals surface area contributed by atoms with Crippen molar-refractivity contribution in [3.8, 4) is 44.5 Å². The van der Waals surface area contributed by atoms with Crippen LogP contribution in [-0.2, 0) is 6.42 Å². The number of anilines is 3. The maximum absolute atomic E-state index is 6.26. The van der Waals surface area contributed by atoms with Gasteiger partial charge < -0.3 is 9.32 Å². The zero-order valence-electron chi connectivity index (χ0n) is 35.4. The molecule has 1 heterocycles. The Morgan fingerprint density at radius 1 is 0.438 bits per heavy atom. The quantitative estimate of drug-likeness (QED) is 0.153. The van der Waals surface area contributed by atoms with Gasteiger partial charge in [-0.05, 0) is 146 Å². The Balaban J connectivity index is 0.975. The number of aromatic nitrogens is 1. The summed E-state index contributed by atoms with van der Waals surface area (Å²) in [7, 11) is 0. The van der Waals surface area contributed by atoms with Crippen LogP contribution in [0.5, 0.6) is 0 Å². The molecule has 12 rings (SSSR count). The molecule has 0 saturated heterocycles. The lowest BCUT2D eigenvalue weighted by Gasteiger charge is -2.27. The third kappa shape index (κ3) is 6.83. The fourth-order valence-electron chi connectivity index (χ4n) is 9.85. The van der Waals surface area contributed by atoms with Gasteiger partial charge in [0, 0.05) is 28.0 Å². The summed E-state index contributed by atoms with van der Waals surface area (Å²) in [4.78, 5) is 7.41.